The van der Waals surface area contributed by atoms with Gasteiger partial charge < -0.3 is 4.90 Å². The first-order valence-electron chi connectivity index (χ1n) is 5.47. The number of benzene rings is 2. The van der Waals surface area contributed by atoms with E-state index < -0.39 is 0 Å². The SMILES string of the molecule is Cc1cc(N(C)c2ccccc2)ccc1[N+]#N. The highest BCUT2D eigenvalue weighted by Crippen LogP contribution is 2.28. The Kier molecular flexibility index (Phi) is 3.06. The standard InChI is InChI=1S/C14H14N3/c1-11-10-13(8-9-14(11)16-15)17(2)12-6-4-3-5-7-12/h3-10H,1-2H3/q+1. The molecule has 2 rings (SSSR count). The Bertz CT molecular complexity index is 555. The van der Waals surface area contributed by atoms with Gasteiger partial charge >= 0.3 is 5.69 Å². The van der Waals surface area contributed by atoms with Gasteiger partial charge in [-0.1, -0.05) is 18.2 Å². The second-order valence-electron chi connectivity index (χ2n) is 3.97. The van der Waals surface area contributed by atoms with Crippen molar-refractivity contribution in [2.45, 2.75) is 6.92 Å². The zero-order valence-corrected chi connectivity index (χ0v) is 9.96. The number of nitrogens with zero attached hydrogens (tertiary/aromatic N) is 3. The van der Waals surface area contributed by atoms with Crippen molar-refractivity contribution in [3.8, 4) is 0 Å². The Hall–Kier alpha value is -2.34. The summed E-state index contributed by atoms with van der Waals surface area (Å²) < 4.78 is 0. The lowest BCUT2D eigenvalue weighted by Crippen LogP contribution is -2.08. The van der Waals surface area contributed by atoms with Gasteiger partial charge in [0.1, 0.15) is 0 Å². The second-order valence-corrected chi connectivity index (χ2v) is 3.97. The minimum absolute atomic E-state index is 0.607. The van der Waals surface area contributed by atoms with Crippen LogP contribution in [0.5, 0.6) is 0 Å². The van der Waals surface area contributed by atoms with Crippen LogP contribution in [0.15, 0.2) is 48.5 Å². The van der Waals surface area contributed by atoms with Crippen molar-refractivity contribution in [1.29, 1.82) is 5.39 Å². The average Bonchev–Trinajstić information content (AvgIpc) is 2.39. The summed E-state index contributed by atoms with van der Waals surface area (Å²) in [6.45, 7) is 1.93. The fourth-order valence-corrected chi connectivity index (χ4v) is 1.76. The van der Waals surface area contributed by atoms with Crippen molar-refractivity contribution in [2.75, 3.05) is 11.9 Å². The molecule has 0 aliphatic carbocycles. The molecule has 0 amide bonds. The molecule has 0 fully saturated rings. The quantitative estimate of drug-likeness (QED) is 0.714. The molecule has 0 saturated heterocycles. The highest BCUT2D eigenvalue weighted by molar-refractivity contribution is 5.67. The maximum absolute atomic E-state index is 8.78. The number of diazo groups is 1. The summed E-state index contributed by atoms with van der Waals surface area (Å²) in [6.07, 6.45) is 0. The van der Waals surface area contributed by atoms with Crippen LogP contribution in [0.2, 0.25) is 0 Å². The van der Waals surface area contributed by atoms with E-state index in [-0.39, 0.29) is 0 Å². The van der Waals surface area contributed by atoms with E-state index >= 15 is 0 Å². The molecule has 17 heavy (non-hydrogen) atoms. The topological polar surface area (TPSA) is 31.4 Å². The molecule has 0 saturated carbocycles. The Morgan fingerprint density at radius 1 is 1.00 bits per heavy atom. The highest BCUT2D eigenvalue weighted by Gasteiger charge is 2.12. The lowest BCUT2D eigenvalue weighted by molar-refractivity contribution is 1.20. The van der Waals surface area contributed by atoms with E-state index in [2.05, 4.69) is 22.0 Å². The van der Waals surface area contributed by atoms with Crippen LogP contribution in [0, 0.1) is 12.3 Å². The van der Waals surface area contributed by atoms with Crippen molar-refractivity contribution in [3.63, 3.8) is 0 Å². The van der Waals surface area contributed by atoms with Gasteiger partial charge in [-0.15, -0.1) is 0 Å². The summed E-state index contributed by atoms with van der Waals surface area (Å²) in [5, 5.41) is 8.78. The molecule has 0 aliphatic rings. The van der Waals surface area contributed by atoms with Crippen molar-refractivity contribution < 1.29 is 0 Å². The molecule has 0 unspecified atom stereocenters. The van der Waals surface area contributed by atoms with Crippen LogP contribution < -0.4 is 4.90 Å². The zero-order valence-electron chi connectivity index (χ0n) is 9.96. The number of rotatable bonds is 2. The van der Waals surface area contributed by atoms with Gasteiger partial charge in [0.25, 0.3) is 0 Å². The maximum atomic E-state index is 8.78. The first-order chi connectivity index (χ1) is 8.22. The van der Waals surface area contributed by atoms with E-state index in [1.165, 1.54) is 0 Å². The second kappa shape index (κ2) is 4.67. The molecule has 0 atom stereocenters. The maximum Gasteiger partial charge on any atom is 0.388 e. The Balaban J connectivity index is 2.36. The molecular weight excluding hydrogens is 210 g/mol. The fraction of sp³-hybridized carbons (Fsp3) is 0.143. The monoisotopic (exact) mass is 224 g/mol. The third-order valence-corrected chi connectivity index (χ3v) is 2.82. The molecule has 3 heteroatoms. The number of hydrogen-bond acceptors (Lipinski definition) is 2. The van der Waals surface area contributed by atoms with Crippen LogP contribution in [0.1, 0.15) is 5.56 Å². The molecule has 2 aromatic rings. The van der Waals surface area contributed by atoms with Crippen LogP contribution >= 0.6 is 0 Å². The molecular formula is C14H14N3+. The largest absolute Gasteiger partial charge is 0.388 e. The van der Waals surface area contributed by atoms with Crippen molar-refractivity contribution in [2.24, 2.45) is 0 Å². The lowest BCUT2D eigenvalue weighted by atomic mass is 10.1. The van der Waals surface area contributed by atoms with Gasteiger partial charge in [-0.25, -0.2) is 0 Å². The van der Waals surface area contributed by atoms with Crippen molar-refractivity contribution in [3.05, 3.63) is 59.1 Å². The van der Waals surface area contributed by atoms with E-state index in [1.54, 1.807) is 0 Å². The molecule has 0 N–H and O–H groups in total. The van der Waals surface area contributed by atoms with Crippen LogP contribution in [0.4, 0.5) is 17.1 Å². The van der Waals surface area contributed by atoms with Gasteiger partial charge in [-0.05, 0) is 31.2 Å². The summed E-state index contributed by atoms with van der Waals surface area (Å²) in [5.41, 5.74) is 3.75. The predicted octanol–water partition coefficient (Wildman–Crippen LogP) is 4.25. The number of anilines is 2. The number of aryl methyl sites for hydroxylation is 1. The minimum Gasteiger partial charge on any atom is -0.345 e. The van der Waals surface area contributed by atoms with E-state index in [0.29, 0.717) is 5.69 Å². The van der Waals surface area contributed by atoms with E-state index in [4.69, 9.17) is 5.39 Å². The van der Waals surface area contributed by atoms with Gasteiger partial charge in [0.05, 0.1) is 0 Å². The smallest absolute Gasteiger partial charge is 0.345 e. The molecule has 84 valence electrons. The molecule has 2 aromatic carbocycles. The van der Waals surface area contributed by atoms with Gasteiger partial charge in [0.2, 0.25) is 5.39 Å². The van der Waals surface area contributed by atoms with Crippen LogP contribution in [0.3, 0.4) is 0 Å². The van der Waals surface area contributed by atoms with Crippen LogP contribution in [-0.2, 0) is 0 Å². The summed E-state index contributed by atoms with van der Waals surface area (Å²) in [4.78, 5) is 5.32. The third-order valence-electron chi connectivity index (χ3n) is 2.82. The summed E-state index contributed by atoms with van der Waals surface area (Å²) in [6, 6.07) is 15.9. The van der Waals surface area contributed by atoms with Gasteiger partial charge in [-0.2, -0.15) is 0 Å². The fourth-order valence-electron chi connectivity index (χ4n) is 1.76. The van der Waals surface area contributed by atoms with Gasteiger partial charge in [0, 0.05) is 30.1 Å². The van der Waals surface area contributed by atoms with Crippen LogP contribution in [0.25, 0.3) is 4.98 Å². The predicted molar refractivity (Wildman–Crippen MR) is 70.4 cm³/mol. The van der Waals surface area contributed by atoms with E-state index in [1.807, 2.05) is 50.4 Å². The van der Waals surface area contributed by atoms with Crippen molar-refractivity contribution >= 4 is 17.1 Å². The van der Waals surface area contributed by atoms with Gasteiger partial charge in [-0.3, -0.25) is 0 Å². The molecule has 0 spiro atoms. The summed E-state index contributed by atoms with van der Waals surface area (Å²) in [7, 11) is 2.01. The average molecular weight is 224 g/mol. The van der Waals surface area contributed by atoms with Crippen LogP contribution in [-0.4, -0.2) is 7.05 Å². The summed E-state index contributed by atoms with van der Waals surface area (Å²) >= 11 is 0. The minimum atomic E-state index is 0.607. The van der Waals surface area contributed by atoms with E-state index in [0.717, 1.165) is 16.9 Å². The van der Waals surface area contributed by atoms with E-state index in [9.17, 15) is 0 Å². The number of hydrogen-bond donors (Lipinski definition) is 0. The van der Waals surface area contributed by atoms with Crippen molar-refractivity contribution in [1.82, 2.24) is 0 Å². The Labute approximate surface area is 101 Å². The zero-order chi connectivity index (χ0) is 12.3. The molecule has 0 radical (unpaired) electrons. The lowest BCUT2D eigenvalue weighted by Gasteiger charge is -2.19. The molecule has 0 heterocycles. The Morgan fingerprint density at radius 2 is 1.71 bits per heavy atom. The van der Waals surface area contributed by atoms with Gasteiger partial charge in [0.15, 0.2) is 4.98 Å². The first-order valence-corrected chi connectivity index (χ1v) is 5.47. The summed E-state index contributed by atoms with van der Waals surface area (Å²) in [5.74, 6) is 0. The third kappa shape index (κ3) is 2.26. The first kappa shape index (κ1) is 11.2. The molecule has 0 aromatic heterocycles. The Morgan fingerprint density at radius 3 is 2.29 bits per heavy atom. The highest BCUT2D eigenvalue weighted by atomic mass is 15.1. The number of para-hydroxylation sites is 1. The normalized spacial score (nSPS) is 9.71. The molecule has 0 bridgehead atoms. The molecule has 3 nitrogen and oxygen atoms in total. The molecule has 0 aliphatic heterocycles.